The van der Waals surface area contributed by atoms with E-state index in [1.807, 2.05) is 13.2 Å². The van der Waals surface area contributed by atoms with Gasteiger partial charge in [0.25, 0.3) is 0 Å². The summed E-state index contributed by atoms with van der Waals surface area (Å²) < 4.78 is 74.7. The fourth-order valence-electron chi connectivity index (χ4n) is 5.04. The molecule has 2 saturated heterocycles. The standard InChI is InChI=1S/C23H32N2O2.2C2HF3O2/c1-26-18-21-16-25(17-22-8-5-15-27-22)19-23(21)10-13-24(14-11-23)12-9-20-6-3-2-4-7-20;2*3-2(4,5)1(6)7/h2-8,15,21H,9-14,16-19H2,1H3;2*(H,6,7). The van der Waals surface area contributed by atoms with E-state index in [4.69, 9.17) is 29.0 Å². The highest BCUT2D eigenvalue weighted by molar-refractivity contribution is 5.73. The van der Waals surface area contributed by atoms with Crippen molar-refractivity contribution in [3.05, 3.63) is 60.1 Å². The van der Waals surface area contributed by atoms with Crippen LogP contribution >= 0.6 is 0 Å². The molecule has 0 amide bonds. The number of ether oxygens (including phenoxy) is 1. The van der Waals surface area contributed by atoms with Gasteiger partial charge in [-0.1, -0.05) is 30.3 Å². The van der Waals surface area contributed by atoms with Crippen LogP contribution in [0.3, 0.4) is 0 Å². The zero-order valence-corrected chi connectivity index (χ0v) is 22.5. The molecule has 230 valence electrons. The van der Waals surface area contributed by atoms with Gasteiger partial charge >= 0.3 is 24.3 Å². The van der Waals surface area contributed by atoms with Crippen LogP contribution in [0.15, 0.2) is 53.1 Å². The zero-order chi connectivity index (χ0) is 30.7. The summed E-state index contributed by atoms with van der Waals surface area (Å²) in [5.74, 6) is -3.81. The van der Waals surface area contributed by atoms with Crippen LogP contribution in [0.1, 0.15) is 24.2 Å². The minimum absolute atomic E-state index is 0.409. The Morgan fingerprint density at radius 1 is 0.951 bits per heavy atom. The molecule has 0 aliphatic carbocycles. The van der Waals surface area contributed by atoms with Crippen LogP contribution in [-0.2, 0) is 27.3 Å². The van der Waals surface area contributed by atoms with E-state index >= 15 is 0 Å². The number of carboxylic acids is 2. The Hall–Kier alpha value is -3.10. The Balaban J connectivity index is 0.000000349. The number of hydrogen-bond donors (Lipinski definition) is 2. The molecule has 1 atom stereocenters. The quantitative estimate of drug-likeness (QED) is 0.433. The molecule has 4 rings (SSSR count). The van der Waals surface area contributed by atoms with Gasteiger partial charge in [0.15, 0.2) is 0 Å². The summed E-state index contributed by atoms with van der Waals surface area (Å²) in [4.78, 5) is 23.0. The van der Waals surface area contributed by atoms with Gasteiger partial charge < -0.3 is 24.3 Å². The lowest BCUT2D eigenvalue weighted by Crippen LogP contribution is -2.45. The van der Waals surface area contributed by atoms with Gasteiger partial charge in [0.1, 0.15) is 5.76 Å². The van der Waals surface area contributed by atoms with E-state index in [1.165, 1.54) is 44.6 Å². The summed E-state index contributed by atoms with van der Waals surface area (Å²) in [6.45, 7) is 7.69. The van der Waals surface area contributed by atoms with Gasteiger partial charge in [-0.25, -0.2) is 9.59 Å². The summed E-state index contributed by atoms with van der Waals surface area (Å²) in [5, 5.41) is 14.2. The molecule has 8 nitrogen and oxygen atoms in total. The average molecular weight is 597 g/mol. The van der Waals surface area contributed by atoms with Crippen LogP contribution in [0.25, 0.3) is 0 Å². The first-order chi connectivity index (χ1) is 19.2. The largest absolute Gasteiger partial charge is 0.490 e. The molecular weight excluding hydrogens is 562 g/mol. The first kappa shape index (κ1) is 34.1. The van der Waals surface area contributed by atoms with E-state index < -0.39 is 24.3 Å². The molecule has 2 N–H and O–H groups in total. The normalized spacial score (nSPS) is 19.1. The number of halogens is 6. The van der Waals surface area contributed by atoms with Crippen molar-refractivity contribution in [2.45, 2.75) is 38.2 Å². The minimum atomic E-state index is -5.08. The maximum atomic E-state index is 10.6. The van der Waals surface area contributed by atoms with Crippen LogP contribution in [-0.4, -0.2) is 90.7 Å². The minimum Gasteiger partial charge on any atom is -0.475 e. The number of alkyl halides is 6. The second-order valence-electron chi connectivity index (χ2n) is 9.95. The Bertz CT molecular complexity index is 1030. The number of likely N-dealkylation sites (tertiary alicyclic amines) is 2. The fraction of sp³-hybridized carbons (Fsp3) is 0.556. The number of furan rings is 1. The highest BCUT2D eigenvalue weighted by Gasteiger charge is 2.47. The maximum Gasteiger partial charge on any atom is 0.490 e. The third kappa shape index (κ3) is 11.4. The highest BCUT2D eigenvalue weighted by atomic mass is 19.4. The van der Waals surface area contributed by atoms with Crippen LogP contribution in [0.5, 0.6) is 0 Å². The molecule has 0 saturated carbocycles. The smallest absolute Gasteiger partial charge is 0.475 e. The number of nitrogens with zero attached hydrogens (tertiary/aromatic N) is 2. The SMILES string of the molecule is COCC1CN(Cc2ccco2)CC12CCN(CCc1ccccc1)CC2.O=C(O)C(F)(F)F.O=C(O)C(F)(F)F. The van der Waals surface area contributed by atoms with Crippen molar-refractivity contribution >= 4 is 11.9 Å². The van der Waals surface area contributed by atoms with Gasteiger partial charge in [-0.3, -0.25) is 4.90 Å². The van der Waals surface area contributed by atoms with E-state index in [1.54, 1.807) is 6.26 Å². The number of carbonyl (C=O) groups is 2. The monoisotopic (exact) mass is 596 g/mol. The molecule has 3 heterocycles. The number of benzene rings is 1. The number of methoxy groups -OCH3 is 1. The lowest BCUT2D eigenvalue weighted by atomic mass is 9.71. The molecule has 0 radical (unpaired) electrons. The summed E-state index contributed by atoms with van der Waals surface area (Å²) >= 11 is 0. The molecule has 2 aliphatic heterocycles. The maximum absolute atomic E-state index is 10.6. The Kier molecular flexibility index (Phi) is 12.7. The van der Waals surface area contributed by atoms with Crippen LogP contribution < -0.4 is 0 Å². The third-order valence-electron chi connectivity index (χ3n) is 7.11. The van der Waals surface area contributed by atoms with Crippen LogP contribution in [0.4, 0.5) is 26.3 Å². The molecule has 14 heteroatoms. The molecule has 2 fully saturated rings. The molecule has 2 aliphatic rings. The molecule has 1 spiro atoms. The second-order valence-corrected chi connectivity index (χ2v) is 9.95. The van der Waals surface area contributed by atoms with E-state index in [2.05, 4.69) is 46.2 Å². The summed E-state index contributed by atoms with van der Waals surface area (Å²) in [7, 11) is 1.85. The number of hydrogen-bond acceptors (Lipinski definition) is 6. The lowest BCUT2D eigenvalue weighted by Gasteiger charge is -2.42. The first-order valence-corrected chi connectivity index (χ1v) is 12.8. The van der Waals surface area contributed by atoms with E-state index in [0.717, 1.165) is 31.9 Å². The van der Waals surface area contributed by atoms with Crippen molar-refractivity contribution in [3.63, 3.8) is 0 Å². The fourth-order valence-corrected chi connectivity index (χ4v) is 5.04. The molecule has 1 aromatic carbocycles. The van der Waals surface area contributed by atoms with E-state index in [-0.39, 0.29) is 0 Å². The van der Waals surface area contributed by atoms with Gasteiger partial charge in [-0.15, -0.1) is 0 Å². The van der Waals surface area contributed by atoms with Gasteiger partial charge in [0.05, 0.1) is 19.4 Å². The predicted molar refractivity (Wildman–Crippen MR) is 135 cm³/mol. The van der Waals surface area contributed by atoms with Gasteiger partial charge in [0.2, 0.25) is 0 Å². The van der Waals surface area contributed by atoms with Gasteiger partial charge in [-0.2, -0.15) is 26.3 Å². The van der Waals surface area contributed by atoms with Crippen molar-refractivity contribution in [2.24, 2.45) is 11.3 Å². The van der Waals surface area contributed by atoms with Crippen molar-refractivity contribution in [2.75, 3.05) is 46.4 Å². The van der Waals surface area contributed by atoms with E-state index in [0.29, 0.717) is 11.3 Å². The average Bonchev–Trinajstić information content (AvgIpc) is 3.52. The van der Waals surface area contributed by atoms with Crippen molar-refractivity contribution in [1.82, 2.24) is 9.80 Å². The van der Waals surface area contributed by atoms with Gasteiger partial charge in [0, 0.05) is 32.7 Å². The number of piperidine rings is 1. The van der Waals surface area contributed by atoms with Crippen molar-refractivity contribution in [3.8, 4) is 0 Å². The van der Waals surface area contributed by atoms with Gasteiger partial charge in [-0.05, 0) is 55.5 Å². The predicted octanol–water partition coefficient (Wildman–Crippen LogP) is 4.95. The molecule has 0 bridgehead atoms. The van der Waals surface area contributed by atoms with Crippen LogP contribution in [0, 0.1) is 11.3 Å². The molecule has 41 heavy (non-hydrogen) atoms. The summed E-state index contributed by atoms with van der Waals surface area (Å²) in [6.07, 6.45) is -4.67. The second kappa shape index (κ2) is 15.2. The third-order valence-corrected chi connectivity index (χ3v) is 7.11. The van der Waals surface area contributed by atoms with Crippen LogP contribution in [0.2, 0.25) is 0 Å². The Morgan fingerprint density at radius 2 is 1.51 bits per heavy atom. The topological polar surface area (TPSA) is 103 Å². The zero-order valence-electron chi connectivity index (χ0n) is 22.5. The molecular formula is C27H34F6N2O6. The molecule has 1 unspecified atom stereocenters. The first-order valence-electron chi connectivity index (χ1n) is 12.8. The number of carboxylic acid groups (broad SMARTS) is 2. The summed E-state index contributed by atoms with van der Waals surface area (Å²) in [6, 6.07) is 14.9. The van der Waals surface area contributed by atoms with Crippen molar-refractivity contribution < 1.29 is 55.3 Å². The Labute approximate surface area is 233 Å². The van der Waals surface area contributed by atoms with Crippen molar-refractivity contribution in [1.29, 1.82) is 0 Å². The Morgan fingerprint density at radius 3 is 1.98 bits per heavy atom. The highest BCUT2D eigenvalue weighted by Crippen LogP contribution is 2.45. The summed E-state index contributed by atoms with van der Waals surface area (Å²) in [5.41, 5.74) is 1.85. The number of aliphatic carboxylic acids is 2. The lowest BCUT2D eigenvalue weighted by molar-refractivity contribution is -0.193. The number of rotatable bonds is 7. The van der Waals surface area contributed by atoms with E-state index in [9.17, 15) is 26.3 Å². The molecule has 1 aromatic heterocycles. The molecule has 2 aromatic rings.